The van der Waals surface area contributed by atoms with Crippen molar-refractivity contribution in [2.45, 2.75) is 33.1 Å². The van der Waals surface area contributed by atoms with Crippen molar-refractivity contribution < 1.29 is 4.39 Å². The first kappa shape index (κ1) is 14.2. The number of halogens is 2. The van der Waals surface area contributed by atoms with Gasteiger partial charge in [-0.2, -0.15) is 0 Å². The fraction of sp³-hybridized carbons (Fsp3) is 0.357. The van der Waals surface area contributed by atoms with Crippen LogP contribution in [0.2, 0.25) is 0 Å². The summed E-state index contributed by atoms with van der Waals surface area (Å²) in [5.41, 5.74) is 5.42. The van der Waals surface area contributed by atoms with Gasteiger partial charge in [-0.05, 0) is 40.5 Å². The molecule has 1 aromatic carbocycles. The monoisotopic (exact) mass is 325 g/mol. The normalized spacial score (nSPS) is 11.9. The second kappa shape index (κ2) is 4.72. The molecule has 0 spiro atoms. The summed E-state index contributed by atoms with van der Waals surface area (Å²) in [5, 5.41) is 0.419. The second-order valence-electron chi connectivity index (χ2n) is 5.66. The van der Waals surface area contributed by atoms with Gasteiger partial charge >= 0.3 is 0 Å². The van der Waals surface area contributed by atoms with Crippen LogP contribution in [0.15, 0.2) is 16.6 Å². The number of nitrogens with two attached hydrogens (primary N) is 1. The van der Waals surface area contributed by atoms with Gasteiger partial charge in [0, 0.05) is 11.1 Å². The lowest BCUT2D eigenvalue weighted by atomic mass is 9.90. The van der Waals surface area contributed by atoms with Gasteiger partial charge in [-0.1, -0.05) is 20.8 Å². The molecule has 0 unspecified atom stereocenters. The lowest BCUT2D eigenvalue weighted by Gasteiger charge is -2.21. The lowest BCUT2D eigenvalue weighted by molar-refractivity contribution is 0.571. The zero-order valence-corrected chi connectivity index (χ0v) is 13.0. The van der Waals surface area contributed by atoms with Crippen LogP contribution in [0.5, 0.6) is 0 Å². The van der Waals surface area contributed by atoms with Gasteiger partial charge in [0.15, 0.2) is 0 Å². The Hall–Kier alpha value is -1.20. The summed E-state index contributed by atoms with van der Waals surface area (Å²) in [6.07, 6.45) is 0. The number of hydrogen-bond donors (Lipinski definition) is 2. The predicted molar refractivity (Wildman–Crippen MR) is 80.6 cm³/mol. The largest absolute Gasteiger partial charge is 0.323 e. The van der Waals surface area contributed by atoms with Gasteiger partial charge in [-0.3, -0.25) is 10.8 Å². The molecule has 0 aliphatic heterocycles. The maximum absolute atomic E-state index is 14.3. The Kier molecular flexibility index (Phi) is 3.53. The fourth-order valence-electron chi connectivity index (χ4n) is 1.99. The molecule has 0 saturated heterocycles. The number of fused-ring (bicyclic) bond motifs is 1. The summed E-state index contributed by atoms with van der Waals surface area (Å²) in [6.45, 7) is 8.09. The van der Waals surface area contributed by atoms with Crippen LogP contribution in [0.4, 0.5) is 10.1 Å². The Morgan fingerprint density at radius 3 is 2.47 bits per heavy atom. The zero-order chi connectivity index (χ0) is 14.4. The molecule has 3 N–H and O–H groups in total. The number of anilines is 1. The van der Waals surface area contributed by atoms with Crippen molar-refractivity contribution in [1.29, 1.82) is 0 Å². The van der Waals surface area contributed by atoms with E-state index in [0.717, 1.165) is 11.3 Å². The molecule has 0 fully saturated rings. The molecule has 0 aliphatic rings. The molecule has 0 saturated carbocycles. The maximum Gasteiger partial charge on any atom is 0.148 e. The molecule has 1 aromatic heterocycles. The quantitative estimate of drug-likeness (QED) is 0.614. The highest BCUT2D eigenvalue weighted by atomic mass is 79.9. The first-order valence-electron chi connectivity index (χ1n) is 6.02. The van der Waals surface area contributed by atoms with Gasteiger partial charge in [0.2, 0.25) is 0 Å². The summed E-state index contributed by atoms with van der Waals surface area (Å²) < 4.78 is 14.7. The molecular weight excluding hydrogens is 309 g/mol. The van der Waals surface area contributed by atoms with Crippen molar-refractivity contribution >= 4 is 32.5 Å². The van der Waals surface area contributed by atoms with Crippen molar-refractivity contribution in [3.63, 3.8) is 0 Å². The van der Waals surface area contributed by atoms with Crippen molar-refractivity contribution in [3.8, 4) is 0 Å². The Bertz CT molecular complexity index is 647. The molecule has 2 rings (SSSR count). The number of rotatable bonds is 1. The molecule has 1 heterocycles. The molecule has 0 bridgehead atoms. The highest BCUT2D eigenvalue weighted by Gasteiger charge is 2.21. The summed E-state index contributed by atoms with van der Waals surface area (Å²) in [4.78, 5) is 4.60. The summed E-state index contributed by atoms with van der Waals surface area (Å²) in [6, 6.07) is 3.54. The van der Waals surface area contributed by atoms with Crippen LogP contribution >= 0.6 is 15.9 Å². The number of hydrazine groups is 1. The number of aromatic nitrogens is 1. The Morgan fingerprint density at radius 2 is 1.95 bits per heavy atom. The minimum absolute atomic E-state index is 0.129. The summed E-state index contributed by atoms with van der Waals surface area (Å²) >= 11 is 3.22. The smallest absolute Gasteiger partial charge is 0.148 e. The molecule has 0 aliphatic carbocycles. The molecule has 0 radical (unpaired) electrons. The average Bonchev–Trinajstić information content (AvgIpc) is 2.33. The lowest BCUT2D eigenvalue weighted by Crippen LogP contribution is -2.16. The molecule has 0 atom stereocenters. The van der Waals surface area contributed by atoms with E-state index in [0.29, 0.717) is 21.1 Å². The van der Waals surface area contributed by atoms with Crippen LogP contribution in [0.25, 0.3) is 10.9 Å². The predicted octanol–water partition coefficient (Wildman–Crippen LogP) is 4.03. The van der Waals surface area contributed by atoms with Crippen LogP contribution in [0, 0.1) is 12.7 Å². The third kappa shape index (κ3) is 2.44. The molecule has 0 amide bonds. The van der Waals surface area contributed by atoms with Crippen molar-refractivity contribution in [3.05, 3.63) is 33.7 Å². The van der Waals surface area contributed by atoms with Crippen molar-refractivity contribution in [2.24, 2.45) is 5.84 Å². The van der Waals surface area contributed by atoms with E-state index < -0.39 is 0 Å². The van der Waals surface area contributed by atoms with Gasteiger partial charge in [0.05, 0.1) is 21.1 Å². The average molecular weight is 326 g/mol. The van der Waals surface area contributed by atoms with E-state index in [9.17, 15) is 4.39 Å². The number of hydrogen-bond acceptors (Lipinski definition) is 3. The summed E-state index contributed by atoms with van der Waals surface area (Å²) in [7, 11) is 0. The van der Waals surface area contributed by atoms with E-state index in [4.69, 9.17) is 5.84 Å². The third-order valence-corrected chi connectivity index (χ3v) is 3.67. The van der Waals surface area contributed by atoms with E-state index in [-0.39, 0.29) is 11.2 Å². The number of pyridine rings is 1. The van der Waals surface area contributed by atoms with Gasteiger partial charge in [0.1, 0.15) is 5.82 Å². The van der Waals surface area contributed by atoms with Gasteiger partial charge in [0.25, 0.3) is 0 Å². The number of nitrogen functional groups attached to an aromatic ring is 1. The van der Waals surface area contributed by atoms with Crippen LogP contribution in [-0.4, -0.2) is 4.98 Å². The van der Waals surface area contributed by atoms with E-state index in [1.165, 1.54) is 0 Å². The first-order valence-corrected chi connectivity index (χ1v) is 6.81. The van der Waals surface area contributed by atoms with Crippen LogP contribution < -0.4 is 11.3 Å². The van der Waals surface area contributed by atoms with E-state index in [2.05, 4.69) is 47.1 Å². The number of benzene rings is 1. The van der Waals surface area contributed by atoms with Crippen LogP contribution in [0.3, 0.4) is 0 Å². The number of nitrogens with zero attached hydrogens (tertiary/aromatic N) is 1. The van der Waals surface area contributed by atoms with Gasteiger partial charge in [-0.15, -0.1) is 0 Å². The van der Waals surface area contributed by atoms with Gasteiger partial charge in [-0.25, -0.2) is 4.39 Å². The molecule has 3 nitrogen and oxygen atoms in total. The topological polar surface area (TPSA) is 50.9 Å². The first-order chi connectivity index (χ1) is 8.75. The minimum atomic E-state index is -0.346. The van der Waals surface area contributed by atoms with E-state index in [1.54, 1.807) is 12.1 Å². The highest BCUT2D eigenvalue weighted by Crippen LogP contribution is 2.34. The Balaban J connectivity index is 2.93. The SMILES string of the molecule is Cc1cc(Br)c(F)c2c(NN)cc(C(C)(C)C)nc12. The molecule has 2 aromatic rings. The van der Waals surface area contributed by atoms with E-state index in [1.807, 2.05) is 6.92 Å². The minimum Gasteiger partial charge on any atom is -0.323 e. The van der Waals surface area contributed by atoms with E-state index >= 15 is 0 Å². The molecular formula is C14H17BrFN3. The van der Waals surface area contributed by atoms with Crippen LogP contribution in [-0.2, 0) is 5.41 Å². The third-order valence-electron chi connectivity index (χ3n) is 3.09. The highest BCUT2D eigenvalue weighted by molar-refractivity contribution is 9.10. The standard InChI is InChI=1S/C14H17BrFN3/c1-7-5-8(15)12(16)11-9(19-17)6-10(14(2,3)4)18-13(7)11/h5-6H,17H2,1-4H3,(H,18,19). The van der Waals surface area contributed by atoms with Crippen molar-refractivity contribution in [2.75, 3.05) is 5.43 Å². The van der Waals surface area contributed by atoms with Crippen molar-refractivity contribution in [1.82, 2.24) is 4.98 Å². The number of nitrogens with one attached hydrogen (secondary N) is 1. The fourth-order valence-corrected chi connectivity index (χ4v) is 2.53. The second-order valence-corrected chi connectivity index (χ2v) is 6.52. The summed E-state index contributed by atoms with van der Waals surface area (Å²) in [5.74, 6) is 5.19. The Labute approximate surface area is 120 Å². The molecule has 102 valence electrons. The zero-order valence-electron chi connectivity index (χ0n) is 11.4. The molecule has 5 heteroatoms. The van der Waals surface area contributed by atoms with Gasteiger partial charge < -0.3 is 5.43 Å². The Morgan fingerprint density at radius 1 is 1.32 bits per heavy atom. The maximum atomic E-state index is 14.3. The number of aryl methyl sites for hydroxylation is 1. The molecule has 19 heavy (non-hydrogen) atoms. The van der Waals surface area contributed by atoms with Crippen LogP contribution in [0.1, 0.15) is 32.0 Å².